The van der Waals surface area contributed by atoms with Crippen molar-refractivity contribution in [1.29, 1.82) is 0 Å². The number of nitrogens with zero attached hydrogens (tertiary/aromatic N) is 2. The first-order chi connectivity index (χ1) is 9.27. The second kappa shape index (κ2) is 10.2. The molecule has 1 saturated heterocycles. The average Bonchev–Trinajstić information content (AvgIpc) is 2.42. The van der Waals surface area contributed by atoms with Gasteiger partial charge in [0.25, 0.3) is 0 Å². The Labute approximate surface area is 119 Å². The van der Waals surface area contributed by atoms with Crippen LogP contribution in [0.3, 0.4) is 0 Å². The lowest BCUT2D eigenvalue weighted by Gasteiger charge is -2.31. The summed E-state index contributed by atoms with van der Waals surface area (Å²) in [5.74, 6) is 0.424. The fraction of sp³-hybridized carbons (Fsp3) is 0.938. The van der Waals surface area contributed by atoms with E-state index in [1.54, 1.807) is 0 Å². The Kier molecular flexibility index (Phi) is 8.89. The van der Waals surface area contributed by atoms with E-state index in [-0.39, 0.29) is 0 Å². The van der Waals surface area contributed by atoms with E-state index >= 15 is 0 Å². The summed E-state index contributed by atoms with van der Waals surface area (Å²) in [6.45, 7) is 7.79. The quantitative estimate of drug-likeness (QED) is 0.384. The molecule has 0 aliphatic carbocycles. The molecule has 1 heterocycles. The van der Waals surface area contributed by atoms with Gasteiger partial charge >= 0.3 is 0 Å². The van der Waals surface area contributed by atoms with Crippen LogP contribution in [0.15, 0.2) is 5.16 Å². The van der Waals surface area contributed by atoms with Crippen LogP contribution in [0, 0.1) is 5.92 Å². The SMILES string of the molecule is CCCCCCCCCCN1CCC(=NO)C(C)C1. The summed E-state index contributed by atoms with van der Waals surface area (Å²) in [6, 6.07) is 0. The molecule has 0 aromatic heterocycles. The van der Waals surface area contributed by atoms with E-state index in [2.05, 4.69) is 23.9 Å². The van der Waals surface area contributed by atoms with Crippen LogP contribution >= 0.6 is 0 Å². The van der Waals surface area contributed by atoms with Crippen LogP contribution in [0.2, 0.25) is 0 Å². The predicted molar refractivity (Wildman–Crippen MR) is 82.1 cm³/mol. The van der Waals surface area contributed by atoms with Crippen molar-refractivity contribution in [3.05, 3.63) is 0 Å². The van der Waals surface area contributed by atoms with Crippen LogP contribution < -0.4 is 0 Å². The minimum absolute atomic E-state index is 0.424. The summed E-state index contributed by atoms with van der Waals surface area (Å²) < 4.78 is 0. The van der Waals surface area contributed by atoms with Gasteiger partial charge in [0.2, 0.25) is 0 Å². The molecule has 1 fully saturated rings. The van der Waals surface area contributed by atoms with Gasteiger partial charge in [-0.25, -0.2) is 0 Å². The summed E-state index contributed by atoms with van der Waals surface area (Å²) in [5, 5.41) is 12.3. The van der Waals surface area contributed by atoms with Gasteiger partial charge < -0.3 is 10.1 Å². The van der Waals surface area contributed by atoms with Crippen LogP contribution in [-0.2, 0) is 0 Å². The van der Waals surface area contributed by atoms with Gasteiger partial charge in [0.1, 0.15) is 0 Å². The molecule has 0 aromatic carbocycles. The number of hydrogen-bond acceptors (Lipinski definition) is 3. The summed E-state index contributed by atoms with van der Waals surface area (Å²) in [4.78, 5) is 2.52. The van der Waals surface area contributed by atoms with Gasteiger partial charge in [-0.1, -0.05) is 63.9 Å². The molecule has 0 amide bonds. The Morgan fingerprint density at radius 3 is 2.32 bits per heavy atom. The van der Waals surface area contributed by atoms with E-state index in [1.807, 2.05) is 0 Å². The van der Waals surface area contributed by atoms with Crippen molar-refractivity contribution in [1.82, 2.24) is 4.90 Å². The molecule has 3 nitrogen and oxygen atoms in total. The largest absolute Gasteiger partial charge is 0.411 e. The Morgan fingerprint density at radius 1 is 1.11 bits per heavy atom. The smallest absolute Gasteiger partial charge is 0.0624 e. The number of hydrogen-bond donors (Lipinski definition) is 1. The Balaban J connectivity index is 1.96. The molecule has 3 heteroatoms. The second-order valence-corrected chi connectivity index (χ2v) is 6.02. The van der Waals surface area contributed by atoms with Crippen molar-refractivity contribution in [3.63, 3.8) is 0 Å². The van der Waals surface area contributed by atoms with E-state index in [1.165, 1.54) is 57.9 Å². The number of oxime groups is 1. The topological polar surface area (TPSA) is 35.8 Å². The summed E-state index contributed by atoms with van der Waals surface area (Å²) in [6.07, 6.45) is 12.0. The highest BCUT2D eigenvalue weighted by atomic mass is 16.4. The Bertz CT molecular complexity index is 253. The second-order valence-electron chi connectivity index (χ2n) is 6.02. The molecule has 1 unspecified atom stereocenters. The Hall–Kier alpha value is -0.570. The predicted octanol–water partition coefficient (Wildman–Crippen LogP) is 4.30. The first-order valence-electron chi connectivity index (χ1n) is 8.21. The molecule has 1 aliphatic heterocycles. The molecule has 0 bridgehead atoms. The van der Waals surface area contributed by atoms with Gasteiger partial charge in [0, 0.05) is 25.4 Å². The summed E-state index contributed by atoms with van der Waals surface area (Å²) >= 11 is 0. The normalized spacial score (nSPS) is 23.1. The molecule has 1 aliphatic rings. The van der Waals surface area contributed by atoms with Gasteiger partial charge in [0.15, 0.2) is 0 Å². The summed E-state index contributed by atoms with van der Waals surface area (Å²) in [5.41, 5.74) is 0.979. The average molecular weight is 268 g/mol. The van der Waals surface area contributed by atoms with Gasteiger partial charge in [-0.2, -0.15) is 0 Å². The number of rotatable bonds is 9. The van der Waals surface area contributed by atoms with Crippen molar-refractivity contribution in [3.8, 4) is 0 Å². The Morgan fingerprint density at radius 2 is 1.74 bits per heavy atom. The van der Waals surface area contributed by atoms with Crippen LogP contribution in [0.1, 0.15) is 71.6 Å². The van der Waals surface area contributed by atoms with E-state index in [4.69, 9.17) is 5.21 Å². The molecule has 19 heavy (non-hydrogen) atoms. The standard InChI is InChI=1S/C16H32N2O/c1-3-4-5-6-7-8-9-10-12-18-13-11-16(17-19)15(2)14-18/h15,19H,3-14H2,1-2H3. The highest BCUT2D eigenvalue weighted by molar-refractivity contribution is 5.86. The summed E-state index contributed by atoms with van der Waals surface area (Å²) in [7, 11) is 0. The van der Waals surface area contributed by atoms with Crippen molar-refractivity contribution >= 4 is 5.71 Å². The lowest BCUT2D eigenvalue weighted by molar-refractivity contribution is 0.231. The van der Waals surface area contributed by atoms with Crippen molar-refractivity contribution in [2.75, 3.05) is 19.6 Å². The number of unbranched alkanes of at least 4 members (excludes halogenated alkanes) is 7. The third kappa shape index (κ3) is 6.95. The van der Waals surface area contributed by atoms with Crippen molar-refractivity contribution in [2.24, 2.45) is 11.1 Å². The van der Waals surface area contributed by atoms with Crippen molar-refractivity contribution in [2.45, 2.75) is 71.6 Å². The number of likely N-dealkylation sites (tertiary alicyclic amines) is 1. The van der Waals surface area contributed by atoms with Crippen molar-refractivity contribution < 1.29 is 5.21 Å². The van der Waals surface area contributed by atoms with Crippen LogP contribution in [0.4, 0.5) is 0 Å². The third-order valence-corrected chi connectivity index (χ3v) is 4.24. The monoisotopic (exact) mass is 268 g/mol. The van der Waals surface area contributed by atoms with Crippen LogP contribution in [0.25, 0.3) is 0 Å². The van der Waals surface area contributed by atoms with Gasteiger partial charge in [-0.05, 0) is 13.0 Å². The van der Waals surface area contributed by atoms with Gasteiger partial charge in [-0.3, -0.25) is 0 Å². The zero-order valence-electron chi connectivity index (χ0n) is 12.9. The molecule has 0 saturated carbocycles. The molecule has 112 valence electrons. The highest BCUT2D eigenvalue weighted by Crippen LogP contribution is 2.15. The first-order valence-corrected chi connectivity index (χ1v) is 8.21. The van der Waals surface area contributed by atoms with Crippen LogP contribution in [0.5, 0.6) is 0 Å². The molecule has 1 atom stereocenters. The maximum Gasteiger partial charge on any atom is 0.0624 e. The molecule has 1 rings (SSSR count). The van der Waals surface area contributed by atoms with Gasteiger partial charge in [-0.15, -0.1) is 0 Å². The zero-order chi connectivity index (χ0) is 13.9. The third-order valence-electron chi connectivity index (χ3n) is 4.24. The minimum Gasteiger partial charge on any atom is -0.411 e. The van der Waals surface area contributed by atoms with E-state index in [0.717, 1.165) is 25.2 Å². The molecular weight excluding hydrogens is 236 g/mol. The van der Waals surface area contributed by atoms with E-state index in [0.29, 0.717) is 5.92 Å². The van der Waals surface area contributed by atoms with Gasteiger partial charge in [0.05, 0.1) is 5.71 Å². The molecule has 0 radical (unpaired) electrons. The lowest BCUT2D eigenvalue weighted by Crippen LogP contribution is -2.40. The molecule has 1 N–H and O–H groups in total. The van der Waals surface area contributed by atoms with E-state index < -0.39 is 0 Å². The zero-order valence-corrected chi connectivity index (χ0v) is 12.9. The fourth-order valence-electron chi connectivity index (χ4n) is 2.92. The first kappa shape index (κ1) is 16.5. The maximum atomic E-state index is 8.85. The number of piperidine rings is 1. The fourth-order valence-corrected chi connectivity index (χ4v) is 2.92. The lowest BCUT2D eigenvalue weighted by atomic mass is 9.97. The maximum absolute atomic E-state index is 8.85. The molecule has 0 spiro atoms. The van der Waals surface area contributed by atoms with Crippen LogP contribution in [-0.4, -0.2) is 35.5 Å². The van der Waals surface area contributed by atoms with E-state index in [9.17, 15) is 0 Å². The molecule has 0 aromatic rings. The minimum atomic E-state index is 0.424. The molecular formula is C16H32N2O. The highest BCUT2D eigenvalue weighted by Gasteiger charge is 2.21.